The number of nitrogens with one attached hydrogen (secondary N) is 2. The van der Waals surface area contributed by atoms with Crippen LogP contribution < -0.4 is 20.1 Å². The molecule has 2 rings (SSSR count). The largest absolute Gasteiger partial charge is 0.506 e. The molecule has 0 saturated heterocycles. The third-order valence-electron chi connectivity index (χ3n) is 3.28. The van der Waals surface area contributed by atoms with Crippen LogP contribution >= 0.6 is 0 Å². The number of carbonyl (C=O) groups is 1. The zero-order valence-corrected chi connectivity index (χ0v) is 13.7. The number of anilines is 2. The lowest BCUT2D eigenvalue weighted by Gasteiger charge is -2.10. The molecule has 128 valence electrons. The number of benzene rings is 2. The fourth-order valence-corrected chi connectivity index (χ4v) is 2.00. The van der Waals surface area contributed by atoms with Crippen molar-refractivity contribution < 1.29 is 19.4 Å². The van der Waals surface area contributed by atoms with E-state index in [4.69, 9.17) is 9.47 Å². The molecule has 0 fully saturated rings. The third-order valence-corrected chi connectivity index (χ3v) is 3.28. The van der Waals surface area contributed by atoms with Crippen molar-refractivity contribution in [2.45, 2.75) is 0 Å². The molecule has 2 aromatic carbocycles. The number of nitriles is 1. The minimum absolute atomic E-state index is 0.0824. The molecule has 7 nitrogen and oxygen atoms in total. The molecule has 0 atom stereocenters. The van der Waals surface area contributed by atoms with Crippen LogP contribution in [0.15, 0.2) is 54.2 Å². The van der Waals surface area contributed by atoms with Crippen molar-refractivity contribution in [3.63, 3.8) is 0 Å². The number of aromatic hydroxyl groups is 1. The molecular formula is C18H17N3O4. The van der Waals surface area contributed by atoms with Crippen LogP contribution in [0, 0.1) is 11.3 Å². The Morgan fingerprint density at radius 2 is 1.88 bits per heavy atom. The maximum Gasteiger partial charge on any atom is 0.267 e. The van der Waals surface area contributed by atoms with Crippen molar-refractivity contribution in [1.82, 2.24) is 0 Å². The fourth-order valence-electron chi connectivity index (χ4n) is 2.00. The van der Waals surface area contributed by atoms with E-state index in [1.165, 1.54) is 32.6 Å². The summed E-state index contributed by atoms with van der Waals surface area (Å²) in [5.74, 6) is 0.353. The molecule has 0 spiro atoms. The molecule has 0 radical (unpaired) electrons. The second-order valence-electron chi connectivity index (χ2n) is 4.86. The molecule has 0 heterocycles. The summed E-state index contributed by atoms with van der Waals surface area (Å²) in [6.07, 6.45) is 1.27. The molecule has 0 aliphatic rings. The van der Waals surface area contributed by atoms with E-state index in [0.717, 1.165) is 0 Å². The molecule has 0 aliphatic carbocycles. The van der Waals surface area contributed by atoms with Gasteiger partial charge < -0.3 is 25.2 Å². The number of carbonyl (C=O) groups excluding carboxylic acids is 1. The highest BCUT2D eigenvalue weighted by Gasteiger charge is 2.11. The van der Waals surface area contributed by atoms with Gasteiger partial charge in [0.15, 0.2) is 11.5 Å². The highest BCUT2D eigenvalue weighted by Crippen LogP contribution is 2.29. The Morgan fingerprint density at radius 3 is 2.52 bits per heavy atom. The van der Waals surface area contributed by atoms with E-state index in [9.17, 15) is 15.2 Å². The third kappa shape index (κ3) is 4.42. The number of phenols is 1. The van der Waals surface area contributed by atoms with E-state index in [0.29, 0.717) is 17.2 Å². The van der Waals surface area contributed by atoms with E-state index in [-0.39, 0.29) is 17.0 Å². The Bertz CT molecular complexity index is 840. The number of phenolic OH excluding ortho intramolecular Hbond substituents is 1. The van der Waals surface area contributed by atoms with Crippen LogP contribution in [0.3, 0.4) is 0 Å². The van der Waals surface area contributed by atoms with Gasteiger partial charge in [0.05, 0.1) is 19.9 Å². The summed E-state index contributed by atoms with van der Waals surface area (Å²) in [6.45, 7) is 0. The number of rotatable bonds is 6. The summed E-state index contributed by atoms with van der Waals surface area (Å²) >= 11 is 0. The Balaban J connectivity index is 2.14. The zero-order valence-electron chi connectivity index (χ0n) is 13.7. The van der Waals surface area contributed by atoms with Crippen molar-refractivity contribution in [3.8, 4) is 23.3 Å². The molecular weight excluding hydrogens is 322 g/mol. The van der Waals surface area contributed by atoms with Gasteiger partial charge in [-0.1, -0.05) is 12.1 Å². The first-order valence-electron chi connectivity index (χ1n) is 7.27. The Hall–Kier alpha value is -3.66. The molecule has 7 heteroatoms. The van der Waals surface area contributed by atoms with Crippen molar-refractivity contribution in [2.75, 3.05) is 24.9 Å². The molecule has 0 bridgehead atoms. The number of nitrogens with zero attached hydrogens (tertiary/aromatic N) is 1. The quantitative estimate of drug-likeness (QED) is 0.425. The van der Waals surface area contributed by atoms with Gasteiger partial charge in [-0.3, -0.25) is 4.79 Å². The molecule has 25 heavy (non-hydrogen) atoms. The summed E-state index contributed by atoms with van der Waals surface area (Å²) in [5.41, 5.74) is 0.679. The number of ether oxygens (including phenoxy) is 2. The van der Waals surface area contributed by atoms with E-state index >= 15 is 0 Å². The van der Waals surface area contributed by atoms with E-state index in [1.54, 1.807) is 30.3 Å². The van der Waals surface area contributed by atoms with Gasteiger partial charge in [-0.2, -0.15) is 5.26 Å². The van der Waals surface area contributed by atoms with Crippen LogP contribution in [0.4, 0.5) is 11.4 Å². The van der Waals surface area contributed by atoms with Crippen LogP contribution in [0.5, 0.6) is 17.2 Å². The first-order valence-corrected chi connectivity index (χ1v) is 7.27. The molecule has 0 saturated carbocycles. The van der Waals surface area contributed by atoms with Gasteiger partial charge in [0.25, 0.3) is 5.91 Å². The number of hydrogen-bond donors (Lipinski definition) is 3. The standard InChI is InChI=1S/C18H17N3O4/c1-24-16-8-7-13(9-17(16)25-2)20-11-12(10-19)18(23)21-14-5-3-4-6-15(14)22/h3-9,11,20,22H,1-2H3,(H,21,23)/b12-11-. The topological polar surface area (TPSA) is 104 Å². The van der Waals surface area contributed by atoms with E-state index in [2.05, 4.69) is 10.6 Å². The minimum atomic E-state index is -0.642. The van der Waals surface area contributed by atoms with Gasteiger partial charge in [-0.25, -0.2) is 0 Å². The molecule has 3 N–H and O–H groups in total. The predicted molar refractivity (Wildman–Crippen MR) is 93.6 cm³/mol. The number of para-hydroxylation sites is 2. The van der Waals surface area contributed by atoms with Gasteiger partial charge in [-0.15, -0.1) is 0 Å². The van der Waals surface area contributed by atoms with Crippen LogP contribution in [0.1, 0.15) is 0 Å². The highest BCUT2D eigenvalue weighted by atomic mass is 16.5. The Labute approximate surface area is 145 Å². The second kappa shape index (κ2) is 8.26. The maximum absolute atomic E-state index is 12.1. The normalized spacial score (nSPS) is 10.5. The lowest BCUT2D eigenvalue weighted by Crippen LogP contribution is -2.14. The summed E-state index contributed by atoms with van der Waals surface area (Å²) in [4.78, 5) is 12.1. The SMILES string of the molecule is COc1ccc(N/C=C(/C#N)C(=O)Nc2ccccc2O)cc1OC. The average molecular weight is 339 g/mol. The minimum Gasteiger partial charge on any atom is -0.506 e. The number of hydrogen-bond acceptors (Lipinski definition) is 6. The van der Waals surface area contributed by atoms with Crippen LogP contribution in [-0.2, 0) is 4.79 Å². The molecule has 0 aromatic heterocycles. The number of methoxy groups -OCH3 is 2. The monoisotopic (exact) mass is 339 g/mol. The van der Waals surface area contributed by atoms with Gasteiger partial charge in [0.1, 0.15) is 17.4 Å². The molecule has 0 unspecified atom stereocenters. The first-order chi connectivity index (χ1) is 12.1. The summed E-state index contributed by atoms with van der Waals surface area (Å²) in [6, 6.07) is 13.2. The van der Waals surface area contributed by atoms with Crippen LogP contribution in [-0.4, -0.2) is 25.2 Å². The Kier molecular flexibility index (Phi) is 5.85. The Morgan fingerprint density at radius 1 is 1.16 bits per heavy atom. The highest BCUT2D eigenvalue weighted by molar-refractivity contribution is 6.07. The van der Waals surface area contributed by atoms with Crippen molar-refractivity contribution >= 4 is 17.3 Å². The van der Waals surface area contributed by atoms with Crippen molar-refractivity contribution in [3.05, 3.63) is 54.2 Å². The maximum atomic E-state index is 12.1. The van der Waals surface area contributed by atoms with Crippen molar-refractivity contribution in [1.29, 1.82) is 5.26 Å². The lowest BCUT2D eigenvalue weighted by atomic mass is 10.2. The number of amides is 1. The van der Waals surface area contributed by atoms with Gasteiger partial charge in [-0.05, 0) is 24.3 Å². The van der Waals surface area contributed by atoms with Gasteiger partial charge in [0, 0.05) is 18.0 Å². The molecule has 0 aliphatic heterocycles. The fraction of sp³-hybridized carbons (Fsp3) is 0.111. The summed E-state index contributed by atoms with van der Waals surface area (Å²) < 4.78 is 10.3. The predicted octanol–water partition coefficient (Wildman–Crippen LogP) is 2.87. The second-order valence-corrected chi connectivity index (χ2v) is 4.86. The van der Waals surface area contributed by atoms with E-state index in [1.807, 2.05) is 6.07 Å². The van der Waals surface area contributed by atoms with Crippen molar-refractivity contribution in [2.24, 2.45) is 0 Å². The molecule has 1 amide bonds. The van der Waals surface area contributed by atoms with Crippen LogP contribution in [0.25, 0.3) is 0 Å². The average Bonchev–Trinajstić information content (AvgIpc) is 2.63. The smallest absolute Gasteiger partial charge is 0.267 e. The lowest BCUT2D eigenvalue weighted by molar-refractivity contribution is -0.112. The zero-order chi connectivity index (χ0) is 18.2. The van der Waals surface area contributed by atoms with Gasteiger partial charge >= 0.3 is 0 Å². The summed E-state index contributed by atoms with van der Waals surface area (Å²) in [7, 11) is 3.04. The summed E-state index contributed by atoms with van der Waals surface area (Å²) in [5, 5.41) is 24.2. The van der Waals surface area contributed by atoms with Gasteiger partial charge in [0.2, 0.25) is 0 Å². The van der Waals surface area contributed by atoms with E-state index < -0.39 is 5.91 Å². The van der Waals surface area contributed by atoms with Crippen LogP contribution in [0.2, 0.25) is 0 Å². The first kappa shape index (κ1) is 17.7. The molecule has 2 aromatic rings.